The topological polar surface area (TPSA) is 112 Å². The van der Waals surface area contributed by atoms with E-state index in [4.69, 9.17) is 9.78 Å². The van der Waals surface area contributed by atoms with E-state index in [1.165, 1.54) is 11.3 Å². The highest BCUT2D eigenvalue weighted by molar-refractivity contribution is 7.13. The third-order valence-electron chi connectivity index (χ3n) is 4.35. The fourth-order valence-electron chi connectivity index (χ4n) is 2.90. The molecule has 0 spiro atoms. The van der Waals surface area contributed by atoms with E-state index in [-0.39, 0.29) is 12.4 Å². The van der Waals surface area contributed by atoms with Crippen molar-refractivity contribution in [3.63, 3.8) is 0 Å². The molecule has 3 amide bonds. The largest absolute Gasteiger partial charge is 0.337 e. The number of aromatic nitrogens is 2. The molecule has 9 heteroatoms. The Morgan fingerprint density at radius 1 is 1.33 bits per heavy atom. The summed E-state index contributed by atoms with van der Waals surface area (Å²) in [7, 11) is 0. The quantitative estimate of drug-likeness (QED) is 0.698. The molecule has 0 saturated carbocycles. The summed E-state index contributed by atoms with van der Waals surface area (Å²) < 4.78 is 5.19. The van der Waals surface area contributed by atoms with Gasteiger partial charge < -0.3 is 9.84 Å². The number of hydrogen-bond donors (Lipinski definition) is 1. The van der Waals surface area contributed by atoms with Gasteiger partial charge in [0.1, 0.15) is 12.1 Å². The first-order chi connectivity index (χ1) is 13.0. The first kappa shape index (κ1) is 16.9. The zero-order valence-corrected chi connectivity index (χ0v) is 15.0. The summed E-state index contributed by atoms with van der Waals surface area (Å²) in [6.07, 6.45) is 0. The molecule has 1 aliphatic rings. The molecule has 134 valence electrons. The third-order valence-corrected chi connectivity index (χ3v) is 5.21. The Morgan fingerprint density at radius 3 is 2.93 bits per heavy atom. The van der Waals surface area contributed by atoms with Crippen molar-refractivity contribution in [1.82, 2.24) is 20.4 Å². The van der Waals surface area contributed by atoms with Gasteiger partial charge in [0.2, 0.25) is 11.7 Å². The SMILES string of the molecule is C[C@@]1(c2cccc(C#N)c2)NC(=O)N(Cc2nc(-c3cccs3)no2)C1=O. The Labute approximate surface area is 158 Å². The predicted molar refractivity (Wildman–Crippen MR) is 95.2 cm³/mol. The number of hydrogen-bond acceptors (Lipinski definition) is 7. The lowest BCUT2D eigenvalue weighted by molar-refractivity contribution is -0.131. The van der Waals surface area contributed by atoms with Crippen LogP contribution >= 0.6 is 11.3 Å². The highest BCUT2D eigenvalue weighted by atomic mass is 32.1. The molecular formula is C18H13N5O3S. The van der Waals surface area contributed by atoms with Crippen molar-refractivity contribution in [1.29, 1.82) is 5.26 Å². The number of carbonyl (C=O) groups excluding carboxylic acids is 2. The van der Waals surface area contributed by atoms with Crippen LogP contribution in [-0.2, 0) is 16.9 Å². The van der Waals surface area contributed by atoms with E-state index >= 15 is 0 Å². The normalized spacial score (nSPS) is 19.2. The van der Waals surface area contributed by atoms with Crippen molar-refractivity contribution in [3.05, 3.63) is 58.8 Å². The first-order valence-electron chi connectivity index (χ1n) is 8.02. The average molecular weight is 379 g/mol. The van der Waals surface area contributed by atoms with Crippen LogP contribution in [0.4, 0.5) is 4.79 Å². The molecule has 2 aromatic heterocycles. The number of amides is 3. The van der Waals surface area contributed by atoms with Gasteiger partial charge in [0, 0.05) is 0 Å². The first-order valence-corrected chi connectivity index (χ1v) is 8.90. The van der Waals surface area contributed by atoms with Crippen molar-refractivity contribution < 1.29 is 14.1 Å². The molecule has 1 fully saturated rings. The van der Waals surface area contributed by atoms with Crippen LogP contribution in [0.1, 0.15) is 23.9 Å². The maximum Gasteiger partial charge on any atom is 0.325 e. The van der Waals surface area contributed by atoms with Gasteiger partial charge in [0.05, 0.1) is 16.5 Å². The predicted octanol–water partition coefficient (Wildman–Crippen LogP) is 2.64. The van der Waals surface area contributed by atoms with Gasteiger partial charge in [-0.25, -0.2) is 4.79 Å². The molecule has 1 aliphatic heterocycles. The number of urea groups is 1. The van der Waals surface area contributed by atoms with E-state index in [0.29, 0.717) is 17.0 Å². The van der Waals surface area contributed by atoms with E-state index in [0.717, 1.165) is 9.78 Å². The smallest absolute Gasteiger partial charge is 0.325 e. The number of nitriles is 1. The van der Waals surface area contributed by atoms with Crippen LogP contribution < -0.4 is 5.32 Å². The minimum absolute atomic E-state index is 0.128. The van der Waals surface area contributed by atoms with Gasteiger partial charge >= 0.3 is 6.03 Å². The summed E-state index contributed by atoms with van der Waals surface area (Å²) in [6, 6.07) is 11.8. The summed E-state index contributed by atoms with van der Waals surface area (Å²) in [5.41, 5.74) is -0.320. The van der Waals surface area contributed by atoms with Gasteiger partial charge in [-0.1, -0.05) is 23.4 Å². The molecule has 1 aromatic carbocycles. The van der Waals surface area contributed by atoms with Crippen LogP contribution in [0, 0.1) is 11.3 Å². The molecule has 0 unspecified atom stereocenters. The van der Waals surface area contributed by atoms with Crippen molar-refractivity contribution in [2.45, 2.75) is 19.0 Å². The van der Waals surface area contributed by atoms with Gasteiger partial charge in [-0.15, -0.1) is 11.3 Å². The highest BCUT2D eigenvalue weighted by Crippen LogP contribution is 2.30. The van der Waals surface area contributed by atoms with Crippen LogP contribution in [0.25, 0.3) is 10.7 Å². The summed E-state index contributed by atoms with van der Waals surface area (Å²) in [5.74, 6) is 0.131. The second-order valence-electron chi connectivity index (χ2n) is 6.13. The molecule has 4 rings (SSSR count). The van der Waals surface area contributed by atoms with E-state index in [1.807, 2.05) is 23.6 Å². The van der Waals surface area contributed by atoms with Crippen LogP contribution in [-0.4, -0.2) is 27.0 Å². The highest BCUT2D eigenvalue weighted by Gasteiger charge is 2.49. The Kier molecular flexibility index (Phi) is 3.97. The molecule has 0 radical (unpaired) electrons. The second kappa shape index (κ2) is 6.34. The fourth-order valence-corrected chi connectivity index (χ4v) is 3.55. The Bertz CT molecular complexity index is 1070. The molecule has 0 aliphatic carbocycles. The molecule has 1 atom stereocenters. The average Bonchev–Trinajstić information content (AvgIpc) is 3.40. The summed E-state index contributed by atoms with van der Waals surface area (Å²) in [5, 5.41) is 17.5. The maximum atomic E-state index is 12.9. The number of carbonyl (C=O) groups is 2. The molecule has 0 bridgehead atoms. The lowest BCUT2D eigenvalue weighted by Crippen LogP contribution is -2.40. The van der Waals surface area contributed by atoms with E-state index in [9.17, 15) is 9.59 Å². The van der Waals surface area contributed by atoms with Gasteiger partial charge in [-0.2, -0.15) is 10.2 Å². The summed E-state index contributed by atoms with van der Waals surface area (Å²) >= 11 is 1.46. The number of rotatable bonds is 4. The van der Waals surface area contributed by atoms with Crippen LogP contribution in [0.15, 0.2) is 46.3 Å². The number of imide groups is 1. The molecule has 27 heavy (non-hydrogen) atoms. The number of benzene rings is 1. The van der Waals surface area contributed by atoms with Crippen LogP contribution in [0.3, 0.4) is 0 Å². The van der Waals surface area contributed by atoms with Crippen molar-refractivity contribution in [2.75, 3.05) is 0 Å². The number of thiophene rings is 1. The fraction of sp³-hybridized carbons (Fsp3) is 0.167. The molecule has 8 nitrogen and oxygen atoms in total. The Balaban J connectivity index is 1.59. The minimum Gasteiger partial charge on any atom is -0.337 e. The van der Waals surface area contributed by atoms with Gasteiger partial charge in [-0.05, 0) is 36.1 Å². The van der Waals surface area contributed by atoms with Gasteiger partial charge in [0.15, 0.2) is 0 Å². The number of nitrogens with zero attached hydrogens (tertiary/aromatic N) is 4. The monoisotopic (exact) mass is 379 g/mol. The van der Waals surface area contributed by atoms with Crippen LogP contribution in [0.2, 0.25) is 0 Å². The minimum atomic E-state index is -1.26. The molecular weight excluding hydrogens is 366 g/mol. The third kappa shape index (κ3) is 2.86. The standard InChI is InChI=1S/C18H13N5O3S/c1-18(12-5-2-4-11(8-12)9-19)16(24)23(17(25)21-18)10-14-20-15(22-26-14)13-6-3-7-27-13/h2-8H,10H2,1H3,(H,21,25)/t18-/m0/s1. The zero-order chi connectivity index (χ0) is 19.0. The lowest BCUT2D eigenvalue weighted by Gasteiger charge is -2.22. The van der Waals surface area contributed by atoms with E-state index < -0.39 is 17.5 Å². The zero-order valence-electron chi connectivity index (χ0n) is 14.2. The van der Waals surface area contributed by atoms with E-state index in [1.54, 1.807) is 31.2 Å². The number of nitrogens with one attached hydrogen (secondary N) is 1. The lowest BCUT2D eigenvalue weighted by atomic mass is 9.91. The van der Waals surface area contributed by atoms with Crippen molar-refractivity contribution in [3.8, 4) is 16.8 Å². The molecule has 3 heterocycles. The van der Waals surface area contributed by atoms with Crippen molar-refractivity contribution in [2.24, 2.45) is 0 Å². The van der Waals surface area contributed by atoms with Gasteiger partial charge in [-0.3, -0.25) is 9.69 Å². The molecule has 1 N–H and O–H groups in total. The molecule has 3 aromatic rings. The second-order valence-corrected chi connectivity index (χ2v) is 7.08. The van der Waals surface area contributed by atoms with Crippen LogP contribution in [0.5, 0.6) is 0 Å². The maximum absolute atomic E-state index is 12.9. The van der Waals surface area contributed by atoms with Crippen molar-refractivity contribution >= 4 is 23.3 Å². The Hall–Kier alpha value is -3.51. The van der Waals surface area contributed by atoms with E-state index in [2.05, 4.69) is 15.5 Å². The Morgan fingerprint density at radius 2 is 2.19 bits per heavy atom. The summed E-state index contributed by atoms with van der Waals surface area (Å²) in [4.78, 5) is 31.5. The molecule has 1 saturated heterocycles. The van der Waals surface area contributed by atoms with Gasteiger partial charge in [0.25, 0.3) is 5.91 Å². The summed E-state index contributed by atoms with van der Waals surface area (Å²) in [6.45, 7) is 1.48.